The van der Waals surface area contributed by atoms with Gasteiger partial charge >= 0.3 is 0 Å². The van der Waals surface area contributed by atoms with Gasteiger partial charge in [-0.15, -0.1) is 0 Å². The summed E-state index contributed by atoms with van der Waals surface area (Å²) in [6.07, 6.45) is 7.01. The topological polar surface area (TPSA) is 38.4 Å². The van der Waals surface area contributed by atoms with Gasteiger partial charge in [0.15, 0.2) is 0 Å². The third-order valence-corrected chi connectivity index (χ3v) is 2.06. The number of nitrogens with two attached hydrogens (primary N) is 1. The number of hydrogen-bond donors (Lipinski definition) is 1. The summed E-state index contributed by atoms with van der Waals surface area (Å²) in [7, 11) is 0. The van der Waals surface area contributed by atoms with Crippen molar-refractivity contribution >= 4 is 5.84 Å². The zero-order chi connectivity index (χ0) is 8.97. The first kappa shape index (κ1) is 9.04. The summed E-state index contributed by atoms with van der Waals surface area (Å²) in [4.78, 5) is 4.15. The fourth-order valence-corrected chi connectivity index (χ4v) is 1.22. The molecule has 1 heterocycles. The molecule has 2 heteroatoms. The van der Waals surface area contributed by atoms with Gasteiger partial charge in [-0.05, 0) is 18.4 Å². The fourth-order valence-electron chi connectivity index (χ4n) is 1.22. The second-order valence-electron chi connectivity index (χ2n) is 3.01. The SMILES string of the molecule is CCC1=CN=C(N)CC(CC)=C1. The molecule has 0 bridgehead atoms. The van der Waals surface area contributed by atoms with Crippen LogP contribution in [0.25, 0.3) is 0 Å². The Morgan fingerprint density at radius 1 is 1.42 bits per heavy atom. The normalized spacial score (nSPS) is 17.7. The van der Waals surface area contributed by atoms with E-state index < -0.39 is 0 Å². The molecule has 12 heavy (non-hydrogen) atoms. The molecule has 0 aromatic rings. The van der Waals surface area contributed by atoms with Gasteiger partial charge in [0.05, 0.1) is 0 Å². The molecule has 0 spiro atoms. The van der Waals surface area contributed by atoms with Crippen molar-refractivity contribution < 1.29 is 0 Å². The third-order valence-electron chi connectivity index (χ3n) is 2.06. The Morgan fingerprint density at radius 2 is 2.17 bits per heavy atom. The lowest BCUT2D eigenvalue weighted by Crippen LogP contribution is -2.10. The molecular weight excluding hydrogens is 148 g/mol. The van der Waals surface area contributed by atoms with E-state index in [1.807, 2.05) is 6.20 Å². The molecule has 1 rings (SSSR count). The van der Waals surface area contributed by atoms with Crippen molar-refractivity contribution in [2.75, 3.05) is 0 Å². The first-order valence-electron chi connectivity index (χ1n) is 4.46. The van der Waals surface area contributed by atoms with Crippen LogP contribution in [-0.4, -0.2) is 5.84 Å². The Kier molecular flexibility index (Phi) is 3.09. The number of aliphatic imine (C=N–C) groups is 1. The van der Waals surface area contributed by atoms with Crippen molar-refractivity contribution in [3.8, 4) is 0 Å². The number of rotatable bonds is 2. The minimum Gasteiger partial charge on any atom is -0.387 e. The van der Waals surface area contributed by atoms with Crippen molar-refractivity contribution in [3.05, 3.63) is 23.4 Å². The van der Waals surface area contributed by atoms with Crippen LogP contribution in [0.2, 0.25) is 0 Å². The Balaban J connectivity index is 2.87. The Bertz CT molecular complexity index is 247. The fraction of sp³-hybridized carbons (Fsp3) is 0.500. The van der Waals surface area contributed by atoms with E-state index in [4.69, 9.17) is 5.73 Å². The monoisotopic (exact) mass is 164 g/mol. The second-order valence-corrected chi connectivity index (χ2v) is 3.01. The minimum atomic E-state index is 0.728. The van der Waals surface area contributed by atoms with Gasteiger partial charge in [-0.1, -0.05) is 25.5 Å². The van der Waals surface area contributed by atoms with E-state index in [1.165, 1.54) is 11.1 Å². The van der Waals surface area contributed by atoms with Crippen LogP contribution >= 0.6 is 0 Å². The maximum atomic E-state index is 5.68. The molecule has 0 radical (unpaired) electrons. The predicted molar refractivity (Wildman–Crippen MR) is 53.0 cm³/mol. The Morgan fingerprint density at radius 3 is 2.75 bits per heavy atom. The van der Waals surface area contributed by atoms with E-state index in [2.05, 4.69) is 24.9 Å². The predicted octanol–water partition coefficient (Wildman–Crippen LogP) is 2.38. The molecule has 1 aliphatic heterocycles. The van der Waals surface area contributed by atoms with Gasteiger partial charge in [0.1, 0.15) is 5.84 Å². The van der Waals surface area contributed by atoms with Crippen LogP contribution in [0, 0.1) is 0 Å². The van der Waals surface area contributed by atoms with Gasteiger partial charge in [0.2, 0.25) is 0 Å². The Labute approximate surface area is 73.9 Å². The lowest BCUT2D eigenvalue weighted by Gasteiger charge is -2.01. The van der Waals surface area contributed by atoms with E-state index in [0.717, 1.165) is 25.1 Å². The molecule has 2 N–H and O–H groups in total. The summed E-state index contributed by atoms with van der Waals surface area (Å²) in [5, 5.41) is 0. The van der Waals surface area contributed by atoms with Gasteiger partial charge in [-0.3, -0.25) is 0 Å². The van der Waals surface area contributed by atoms with E-state index in [0.29, 0.717) is 0 Å². The van der Waals surface area contributed by atoms with Crippen LogP contribution in [0.15, 0.2) is 28.4 Å². The quantitative estimate of drug-likeness (QED) is 0.668. The molecule has 2 nitrogen and oxygen atoms in total. The maximum Gasteiger partial charge on any atom is 0.103 e. The summed E-state index contributed by atoms with van der Waals surface area (Å²) < 4.78 is 0. The molecular formula is C10H16N2. The summed E-state index contributed by atoms with van der Waals surface area (Å²) in [5.41, 5.74) is 8.33. The molecule has 0 aromatic heterocycles. The number of allylic oxidation sites excluding steroid dienone is 2. The smallest absolute Gasteiger partial charge is 0.103 e. The number of amidine groups is 1. The van der Waals surface area contributed by atoms with Crippen LogP contribution in [0.5, 0.6) is 0 Å². The molecule has 0 aromatic carbocycles. The largest absolute Gasteiger partial charge is 0.387 e. The van der Waals surface area contributed by atoms with E-state index in [1.54, 1.807) is 0 Å². The lowest BCUT2D eigenvalue weighted by molar-refractivity contribution is 1.04. The highest BCUT2D eigenvalue weighted by Gasteiger charge is 2.02. The van der Waals surface area contributed by atoms with Gasteiger partial charge in [0, 0.05) is 12.6 Å². The van der Waals surface area contributed by atoms with Crippen LogP contribution in [0.4, 0.5) is 0 Å². The zero-order valence-electron chi connectivity index (χ0n) is 7.80. The highest BCUT2D eigenvalue weighted by molar-refractivity contribution is 5.83. The van der Waals surface area contributed by atoms with Crippen LogP contribution < -0.4 is 5.73 Å². The van der Waals surface area contributed by atoms with Crippen LogP contribution in [-0.2, 0) is 0 Å². The summed E-state index contributed by atoms with van der Waals surface area (Å²) in [5.74, 6) is 0.728. The molecule has 0 fully saturated rings. The van der Waals surface area contributed by atoms with Crippen molar-refractivity contribution in [3.63, 3.8) is 0 Å². The number of nitrogens with zero attached hydrogens (tertiary/aromatic N) is 1. The van der Waals surface area contributed by atoms with Gasteiger partial charge < -0.3 is 5.73 Å². The standard InChI is InChI=1S/C10H16N2/c1-3-8-5-9(4-2)7-12-10(11)6-8/h5,7H,3-4,6H2,1-2H3,(H2,11,12). The van der Waals surface area contributed by atoms with Crippen molar-refractivity contribution in [1.82, 2.24) is 0 Å². The van der Waals surface area contributed by atoms with Crippen molar-refractivity contribution in [2.24, 2.45) is 10.7 Å². The van der Waals surface area contributed by atoms with E-state index >= 15 is 0 Å². The third kappa shape index (κ3) is 2.22. The zero-order valence-corrected chi connectivity index (χ0v) is 7.80. The summed E-state index contributed by atoms with van der Waals surface area (Å²) in [6, 6.07) is 0. The van der Waals surface area contributed by atoms with Gasteiger partial charge in [0.25, 0.3) is 0 Å². The summed E-state index contributed by atoms with van der Waals surface area (Å²) >= 11 is 0. The molecule has 0 unspecified atom stereocenters. The van der Waals surface area contributed by atoms with E-state index in [-0.39, 0.29) is 0 Å². The molecule has 1 aliphatic rings. The molecule has 0 atom stereocenters. The Hall–Kier alpha value is -1.05. The van der Waals surface area contributed by atoms with Crippen molar-refractivity contribution in [1.29, 1.82) is 0 Å². The maximum absolute atomic E-state index is 5.68. The first-order valence-corrected chi connectivity index (χ1v) is 4.46. The lowest BCUT2D eigenvalue weighted by atomic mass is 10.1. The van der Waals surface area contributed by atoms with Gasteiger partial charge in [-0.2, -0.15) is 0 Å². The van der Waals surface area contributed by atoms with Crippen LogP contribution in [0.3, 0.4) is 0 Å². The molecule has 0 aliphatic carbocycles. The van der Waals surface area contributed by atoms with E-state index in [9.17, 15) is 0 Å². The minimum absolute atomic E-state index is 0.728. The first-order chi connectivity index (χ1) is 5.76. The highest BCUT2D eigenvalue weighted by Crippen LogP contribution is 2.16. The molecule has 66 valence electrons. The second kappa shape index (κ2) is 4.10. The molecule has 0 saturated heterocycles. The number of hydrogen-bond acceptors (Lipinski definition) is 2. The van der Waals surface area contributed by atoms with Gasteiger partial charge in [-0.25, -0.2) is 4.99 Å². The molecule has 0 amide bonds. The highest BCUT2D eigenvalue weighted by atomic mass is 14.8. The average molecular weight is 164 g/mol. The molecule has 0 saturated carbocycles. The average Bonchev–Trinajstić information content (AvgIpc) is 2.26. The van der Waals surface area contributed by atoms with Crippen molar-refractivity contribution in [2.45, 2.75) is 33.1 Å². The van der Waals surface area contributed by atoms with Crippen LogP contribution in [0.1, 0.15) is 33.1 Å². The summed E-state index contributed by atoms with van der Waals surface area (Å²) in [6.45, 7) is 4.28.